The van der Waals surface area contributed by atoms with Gasteiger partial charge in [-0.15, -0.1) is 0 Å². The van der Waals surface area contributed by atoms with Gasteiger partial charge in [0.2, 0.25) is 5.78 Å². The van der Waals surface area contributed by atoms with E-state index in [9.17, 15) is 9.59 Å². The van der Waals surface area contributed by atoms with Crippen LogP contribution in [-0.4, -0.2) is 30.7 Å². The maximum absolute atomic E-state index is 12.1. The zero-order valence-corrected chi connectivity index (χ0v) is 11.0. The van der Waals surface area contributed by atoms with Gasteiger partial charge in [-0.2, -0.15) is 0 Å². The first-order chi connectivity index (χ1) is 7.99. The molecule has 5 heteroatoms. The third-order valence-electron chi connectivity index (χ3n) is 2.35. The lowest BCUT2D eigenvalue weighted by Gasteiger charge is -2.19. The van der Waals surface area contributed by atoms with Gasteiger partial charge in [-0.3, -0.25) is 9.59 Å². The summed E-state index contributed by atoms with van der Waals surface area (Å²) >= 11 is 3.30. The lowest BCUT2D eigenvalue weighted by Crippen LogP contribution is -2.28. The molecule has 0 aromatic heterocycles. The van der Waals surface area contributed by atoms with E-state index in [1.165, 1.54) is 6.20 Å². The number of carbonyl (C=O) groups excluding carboxylic acids is 2. The number of halogens is 1. The van der Waals surface area contributed by atoms with Gasteiger partial charge in [-0.1, -0.05) is 15.9 Å². The van der Waals surface area contributed by atoms with Crippen LogP contribution in [0.5, 0.6) is 0 Å². The molecular formula is C12H11BrN2O2. The van der Waals surface area contributed by atoms with Gasteiger partial charge >= 0.3 is 0 Å². The van der Waals surface area contributed by atoms with Gasteiger partial charge in [0.15, 0.2) is 0 Å². The molecule has 0 unspecified atom stereocenters. The smallest absolute Gasteiger partial charge is 0.261 e. The van der Waals surface area contributed by atoms with Gasteiger partial charge in [-0.05, 0) is 18.2 Å². The minimum atomic E-state index is -0.366. The van der Waals surface area contributed by atoms with E-state index in [1.807, 2.05) is 0 Å². The van der Waals surface area contributed by atoms with Crippen molar-refractivity contribution >= 4 is 33.3 Å². The zero-order chi connectivity index (χ0) is 12.6. The molecular weight excluding hydrogens is 284 g/mol. The third kappa shape index (κ3) is 2.24. The highest BCUT2D eigenvalue weighted by molar-refractivity contribution is 9.10. The molecule has 1 heterocycles. The maximum Gasteiger partial charge on any atom is 0.261 e. The summed E-state index contributed by atoms with van der Waals surface area (Å²) in [4.78, 5) is 25.6. The molecule has 1 aromatic carbocycles. The fourth-order valence-electron chi connectivity index (χ4n) is 1.63. The Kier molecular flexibility index (Phi) is 3.02. The summed E-state index contributed by atoms with van der Waals surface area (Å²) in [7, 11) is 3.54. The van der Waals surface area contributed by atoms with Gasteiger partial charge in [0.05, 0.1) is 5.69 Å². The van der Waals surface area contributed by atoms with Crippen molar-refractivity contribution in [3.05, 3.63) is 40.0 Å². The van der Waals surface area contributed by atoms with Crippen molar-refractivity contribution < 1.29 is 9.59 Å². The Balaban J connectivity index is 2.51. The SMILES string of the molecule is CN(C)C=C1C(=O)Nc2cc(Br)ccc2C1=O. The van der Waals surface area contributed by atoms with Crippen molar-refractivity contribution in [2.75, 3.05) is 19.4 Å². The minimum Gasteiger partial charge on any atom is -0.383 e. The number of rotatable bonds is 1. The first kappa shape index (κ1) is 11.9. The Morgan fingerprint density at radius 1 is 1.29 bits per heavy atom. The van der Waals surface area contributed by atoms with Crippen LogP contribution >= 0.6 is 15.9 Å². The van der Waals surface area contributed by atoms with Crippen LogP contribution in [-0.2, 0) is 4.79 Å². The Morgan fingerprint density at radius 3 is 2.65 bits per heavy atom. The monoisotopic (exact) mass is 294 g/mol. The van der Waals surface area contributed by atoms with Crippen LogP contribution in [0.2, 0.25) is 0 Å². The maximum atomic E-state index is 12.1. The molecule has 0 aliphatic carbocycles. The van der Waals surface area contributed by atoms with Crippen molar-refractivity contribution in [3.63, 3.8) is 0 Å². The summed E-state index contributed by atoms with van der Waals surface area (Å²) in [6.45, 7) is 0. The number of anilines is 1. The molecule has 0 bridgehead atoms. The lowest BCUT2D eigenvalue weighted by atomic mass is 9.97. The summed E-state index contributed by atoms with van der Waals surface area (Å²) in [6.07, 6.45) is 1.53. The number of amides is 1. The Labute approximate surface area is 107 Å². The molecule has 1 aliphatic rings. The number of ketones is 1. The van der Waals surface area contributed by atoms with E-state index < -0.39 is 0 Å². The van der Waals surface area contributed by atoms with E-state index in [2.05, 4.69) is 21.2 Å². The molecule has 0 spiro atoms. The fraction of sp³-hybridized carbons (Fsp3) is 0.167. The van der Waals surface area contributed by atoms with Gasteiger partial charge in [0.1, 0.15) is 5.57 Å². The van der Waals surface area contributed by atoms with Crippen LogP contribution in [0.25, 0.3) is 0 Å². The van der Waals surface area contributed by atoms with Crippen LogP contribution in [0.4, 0.5) is 5.69 Å². The molecule has 4 nitrogen and oxygen atoms in total. The molecule has 1 aromatic rings. The highest BCUT2D eigenvalue weighted by Gasteiger charge is 2.28. The average molecular weight is 295 g/mol. The predicted molar refractivity (Wildman–Crippen MR) is 68.9 cm³/mol. The largest absolute Gasteiger partial charge is 0.383 e. The molecule has 0 saturated heterocycles. The molecule has 2 rings (SSSR count). The second-order valence-electron chi connectivity index (χ2n) is 3.98. The van der Waals surface area contributed by atoms with Gasteiger partial charge in [-0.25, -0.2) is 0 Å². The average Bonchev–Trinajstić information content (AvgIpc) is 2.23. The predicted octanol–water partition coefficient (Wildman–Crippen LogP) is 2.03. The highest BCUT2D eigenvalue weighted by atomic mass is 79.9. The third-order valence-corrected chi connectivity index (χ3v) is 2.84. The van der Waals surface area contributed by atoms with E-state index >= 15 is 0 Å². The van der Waals surface area contributed by atoms with Crippen molar-refractivity contribution in [1.82, 2.24) is 4.90 Å². The molecule has 1 amide bonds. The van der Waals surface area contributed by atoms with Crippen molar-refractivity contribution in [2.45, 2.75) is 0 Å². The topological polar surface area (TPSA) is 49.4 Å². The van der Waals surface area contributed by atoms with Gasteiger partial charge in [0.25, 0.3) is 5.91 Å². The molecule has 0 radical (unpaired) electrons. The normalized spacial score (nSPS) is 16.8. The zero-order valence-electron chi connectivity index (χ0n) is 9.45. The molecule has 0 atom stereocenters. The number of hydrogen-bond donors (Lipinski definition) is 1. The van der Waals surface area contributed by atoms with E-state index in [1.54, 1.807) is 37.2 Å². The molecule has 1 N–H and O–H groups in total. The summed E-state index contributed by atoms with van der Waals surface area (Å²) < 4.78 is 0.824. The van der Waals surface area contributed by atoms with Gasteiger partial charge < -0.3 is 10.2 Å². The summed E-state index contributed by atoms with van der Waals surface area (Å²) in [5, 5.41) is 2.70. The molecule has 0 fully saturated rings. The number of hydrogen-bond acceptors (Lipinski definition) is 3. The van der Waals surface area contributed by atoms with Gasteiger partial charge in [0, 0.05) is 30.3 Å². The Morgan fingerprint density at radius 2 is 2.00 bits per heavy atom. The Hall–Kier alpha value is -1.62. The number of nitrogens with one attached hydrogen (secondary N) is 1. The lowest BCUT2D eigenvalue weighted by molar-refractivity contribution is -0.112. The number of benzene rings is 1. The molecule has 0 saturated carbocycles. The first-order valence-corrected chi connectivity index (χ1v) is 5.82. The standard InChI is InChI=1S/C12H11BrN2O2/c1-15(2)6-9-11(16)8-4-3-7(13)5-10(8)14-12(9)17/h3-6H,1-2H3,(H,14,17). The van der Waals surface area contributed by atoms with Crippen LogP contribution in [0.1, 0.15) is 10.4 Å². The van der Waals surface area contributed by atoms with Crippen LogP contribution in [0, 0.1) is 0 Å². The summed E-state index contributed by atoms with van der Waals surface area (Å²) in [5.41, 5.74) is 1.22. The number of fused-ring (bicyclic) bond motifs is 1. The minimum absolute atomic E-state index is 0.157. The van der Waals surface area contributed by atoms with Crippen molar-refractivity contribution in [2.24, 2.45) is 0 Å². The Bertz CT molecular complexity index is 535. The number of carbonyl (C=O) groups is 2. The summed E-state index contributed by atoms with van der Waals surface area (Å²) in [6, 6.07) is 5.20. The van der Waals surface area contributed by atoms with Crippen LogP contribution < -0.4 is 5.32 Å². The highest BCUT2D eigenvalue weighted by Crippen LogP contribution is 2.28. The second-order valence-corrected chi connectivity index (χ2v) is 4.90. The number of Topliss-reactive ketones (excluding diaryl/α,β-unsaturated/α-hetero) is 1. The second kappa shape index (κ2) is 4.33. The van der Waals surface area contributed by atoms with E-state index in [0.717, 1.165) is 4.47 Å². The summed E-state index contributed by atoms with van der Waals surface area (Å²) in [5.74, 6) is -0.612. The van der Waals surface area contributed by atoms with E-state index in [-0.39, 0.29) is 17.3 Å². The quantitative estimate of drug-likeness (QED) is 0.637. The van der Waals surface area contributed by atoms with Crippen molar-refractivity contribution in [3.8, 4) is 0 Å². The van der Waals surface area contributed by atoms with Crippen LogP contribution in [0.3, 0.4) is 0 Å². The van der Waals surface area contributed by atoms with Crippen molar-refractivity contribution in [1.29, 1.82) is 0 Å². The van der Waals surface area contributed by atoms with E-state index in [0.29, 0.717) is 11.3 Å². The number of nitrogens with zero attached hydrogens (tertiary/aromatic N) is 1. The first-order valence-electron chi connectivity index (χ1n) is 5.03. The molecule has 17 heavy (non-hydrogen) atoms. The fourth-order valence-corrected chi connectivity index (χ4v) is 1.99. The van der Waals surface area contributed by atoms with Crippen LogP contribution in [0.15, 0.2) is 34.4 Å². The van der Waals surface area contributed by atoms with E-state index in [4.69, 9.17) is 0 Å². The molecule has 1 aliphatic heterocycles. The molecule has 88 valence electrons.